The third-order valence-corrected chi connectivity index (χ3v) is 2.08. The summed E-state index contributed by atoms with van der Waals surface area (Å²) in [5.74, 6) is 2.15. The molecule has 1 aromatic heterocycles. The zero-order valence-corrected chi connectivity index (χ0v) is 11.1. The van der Waals surface area contributed by atoms with Crippen molar-refractivity contribution in [3.8, 4) is 5.88 Å². The van der Waals surface area contributed by atoms with Crippen molar-refractivity contribution in [2.45, 2.75) is 33.1 Å². The number of nitrogens with one attached hydrogen (secondary N) is 1. The number of hydrogen-bond acceptors (Lipinski definition) is 4. The van der Waals surface area contributed by atoms with Crippen LogP contribution in [0, 0.1) is 0 Å². The molecule has 4 heteroatoms. The summed E-state index contributed by atoms with van der Waals surface area (Å²) in [7, 11) is 0. The molecule has 0 radical (unpaired) electrons. The maximum atomic E-state index is 5.47. The molecule has 94 valence electrons. The van der Waals surface area contributed by atoms with Crippen molar-refractivity contribution in [1.82, 2.24) is 9.97 Å². The predicted molar refractivity (Wildman–Crippen MR) is 70.6 cm³/mol. The third kappa shape index (κ3) is 4.06. The Labute approximate surface area is 103 Å². The molecule has 0 aliphatic heterocycles. The molecule has 1 rings (SSSR count). The summed E-state index contributed by atoms with van der Waals surface area (Å²) in [6.45, 7) is 13.2. The van der Waals surface area contributed by atoms with Crippen molar-refractivity contribution in [3.63, 3.8) is 0 Å². The molecule has 1 aromatic rings. The summed E-state index contributed by atoms with van der Waals surface area (Å²) < 4.78 is 5.47. The summed E-state index contributed by atoms with van der Waals surface area (Å²) in [5.41, 5.74) is -0.0995. The number of ether oxygens (including phenoxy) is 1. The summed E-state index contributed by atoms with van der Waals surface area (Å²) in [5, 5.41) is 3.18. The van der Waals surface area contributed by atoms with E-state index in [2.05, 4.69) is 42.6 Å². The Bertz CT molecular complexity index is 383. The second kappa shape index (κ2) is 5.66. The van der Waals surface area contributed by atoms with E-state index >= 15 is 0 Å². The minimum Gasteiger partial charge on any atom is -0.473 e. The molecule has 17 heavy (non-hydrogen) atoms. The Morgan fingerprint density at radius 3 is 2.65 bits per heavy atom. The minimum absolute atomic E-state index is 0.0995. The zero-order valence-electron chi connectivity index (χ0n) is 11.1. The molecule has 0 atom stereocenters. The fourth-order valence-corrected chi connectivity index (χ4v) is 1.25. The van der Waals surface area contributed by atoms with Crippen LogP contribution in [-0.4, -0.2) is 23.1 Å². The maximum absolute atomic E-state index is 5.47. The number of hydrogen-bond donors (Lipinski definition) is 1. The smallest absolute Gasteiger partial charge is 0.219 e. The maximum Gasteiger partial charge on any atom is 0.219 e. The van der Waals surface area contributed by atoms with E-state index in [1.165, 1.54) is 0 Å². The van der Waals surface area contributed by atoms with Crippen molar-refractivity contribution in [3.05, 3.63) is 24.5 Å². The Kier molecular flexibility index (Phi) is 4.49. The standard InChI is InChI=1S/C13H21N3O/c1-6-8-17-11-9-10(14-7-2)15-12(16-11)13(3,4)5/h6,9H,1,7-8H2,2-5H3,(H,14,15,16). The Morgan fingerprint density at radius 2 is 2.12 bits per heavy atom. The first kappa shape index (κ1) is 13.5. The molecule has 0 aliphatic rings. The molecule has 0 amide bonds. The van der Waals surface area contributed by atoms with Crippen LogP contribution >= 0.6 is 0 Å². The Balaban J connectivity index is 3.04. The highest BCUT2D eigenvalue weighted by Gasteiger charge is 2.19. The van der Waals surface area contributed by atoms with Crippen molar-refractivity contribution in [1.29, 1.82) is 0 Å². The van der Waals surface area contributed by atoms with Crippen LogP contribution in [0.5, 0.6) is 5.88 Å². The van der Waals surface area contributed by atoms with Gasteiger partial charge in [-0.1, -0.05) is 33.4 Å². The van der Waals surface area contributed by atoms with Crippen LogP contribution in [0.2, 0.25) is 0 Å². The molecular weight excluding hydrogens is 214 g/mol. The van der Waals surface area contributed by atoms with E-state index in [4.69, 9.17) is 4.74 Å². The summed E-state index contributed by atoms with van der Waals surface area (Å²) in [4.78, 5) is 8.88. The summed E-state index contributed by atoms with van der Waals surface area (Å²) in [6.07, 6.45) is 1.70. The zero-order chi connectivity index (χ0) is 12.9. The van der Waals surface area contributed by atoms with Gasteiger partial charge in [-0.05, 0) is 6.92 Å². The molecule has 0 unspecified atom stereocenters. The van der Waals surface area contributed by atoms with Gasteiger partial charge in [-0.25, -0.2) is 4.98 Å². The quantitative estimate of drug-likeness (QED) is 0.797. The van der Waals surface area contributed by atoms with E-state index in [9.17, 15) is 0 Å². The monoisotopic (exact) mass is 235 g/mol. The third-order valence-electron chi connectivity index (χ3n) is 2.08. The number of aromatic nitrogens is 2. The van der Waals surface area contributed by atoms with Crippen molar-refractivity contribution in [2.24, 2.45) is 0 Å². The van der Waals surface area contributed by atoms with Gasteiger partial charge >= 0.3 is 0 Å². The van der Waals surface area contributed by atoms with Crippen LogP contribution in [0.25, 0.3) is 0 Å². The second-order valence-corrected chi connectivity index (χ2v) is 4.80. The lowest BCUT2D eigenvalue weighted by Crippen LogP contribution is -2.18. The minimum atomic E-state index is -0.0995. The average molecular weight is 235 g/mol. The van der Waals surface area contributed by atoms with Crippen molar-refractivity contribution < 1.29 is 4.74 Å². The molecule has 0 aromatic carbocycles. The van der Waals surface area contributed by atoms with E-state index in [0.29, 0.717) is 12.5 Å². The van der Waals surface area contributed by atoms with Crippen molar-refractivity contribution >= 4 is 5.82 Å². The molecule has 1 N–H and O–H groups in total. The molecule has 0 aliphatic carbocycles. The topological polar surface area (TPSA) is 47.0 Å². The first-order chi connectivity index (χ1) is 7.97. The number of rotatable bonds is 5. The Hall–Kier alpha value is -1.58. The first-order valence-corrected chi connectivity index (χ1v) is 5.84. The van der Waals surface area contributed by atoms with Gasteiger partial charge in [0.15, 0.2) is 0 Å². The molecule has 0 bridgehead atoms. The van der Waals surface area contributed by atoms with E-state index in [-0.39, 0.29) is 5.41 Å². The van der Waals surface area contributed by atoms with Gasteiger partial charge in [-0.15, -0.1) is 0 Å². The van der Waals surface area contributed by atoms with E-state index in [1.54, 1.807) is 6.08 Å². The fraction of sp³-hybridized carbons (Fsp3) is 0.538. The molecule has 0 saturated carbocycles. The van der Waals surface area contributed by atoms with Crippen LogP contribution in [0.4, 0.5) is 5.82 Å². The summed E-state index contributed by atoms with van der Waals surface area (Å²) >= 11 is 0. The van der Waals surface area contributed by atoms with Gasteiger partial charge in [0, 0.05) is 18.0 Å². The van der Waals surface area contributed by atoms with Gasteiger partial charge < -0.3 is 10.1 Å². The van der Waals surface area contributed by atoms with Gasteiger partial charge in [0.2, 0.25) is 5.88 Å². The van der Waals surface area contributed by atoms with Gasteiger partial charge in [0.05, 0.1) is 0 Å². The second-order valence-electron chi connectivity index (χ2n) is 4.80. The highest BCUT2D eigenvalue weighted by Crippen LogP contribution is 2.23. The number of anilines is 1. The van der Waals surface area contributed by atoms with Gasteiger partial charge in [0.25, 0.3) is 0 Å². The summed E-state index contributed by atoms with van der Waals surface area (Å²) in [6, 6.07) is 1.81. The van der Waals surface area contributed by atoms with Crippen LogP contribution < -0.4 is 10.1 Å². The SMILES string of the molecule is C=CCOc1cc(NCC)nc(C(C)(C)C)n1. The highest BCUT2D eigenvalue weighted by atomic mass is 16.5. The largest absolute Gasteiger partial charge is 0.473 e. The highest BCUT2D eigenvalue weighted by molar-refractivity contribution is 5.39. The van der Waals surface area contributed by atoms with E-state index < -0.39 is 0 Å². The lowest BCUT2D eigenvalue weighted by Gasteiger charge is -2.18. The lowest BCUT2D eigenvalue weighted by molar-refractivity contribution is 0.343. The predicted octanol–water partition coefficient (Wildman–Crippen LogP) is 2.77. The molecule has 0 spiro atoms. The van der Waals surface area contributed by atoms with E-state index in [0.717, 1.165) is 18.2 Å². The Morgan fingerprint density at radius 1 is 1.41 bits per heavy atom. The van der Waals surface area contributed by atoms with Gasteiger partial charge in [-0.2, -0.15) is 4.98 Å². The molecular formula is C13H21N3O. The first-order valence-electron chi connectivity index (χ1n) is 5.84. The average Bonchev–Trinajstić information content (AvgIpc) is 2.25. The number of nitrogens with zero attached hydrogens (tertiary/aromatic N) is 2. The fourth-order valence-electron chi connectivity index (χ4n) is 1.25. The van der Waals surface area contributed by atoms with Crippen LogP contribution in [0.1, 0.15) is 33.5 Å². The molecule has 0 fully saturated rings. The molecule has 4 nitrogen and oxygen atoms in total. The normalized spacial score (nSPS) is 11.1. The van der Waals surface area contributed by atoms with Crippen LogP contribution in [0.15, 0.2) is 18.7 Å². The van der Waals surface area contributed by atoms with Crippen LogP contribution in [-0.2, 0) is 5.41 Å². The van der Waals surface area contributed by atoms with Crippen LogP contribution in [0.3, 0.4) is 0 Å². The molecule has 0 saturated heterocycles. The lowest BCUT2D eigenvalue weighted by atomic mass is 9.96. The van der Waals surface area contributed by atoms with E-state index in [1.807, 2.05) is 13.0 Å². The van der Waals surface area contributed by atoms with Crippen molar-refractivity contribution in [2.75, 3.05) is 18.5 Å². The molecule has 1 heterocycles. The van der Waals surface area contributed by atoms with Gasteiger partial charge in [0.1, 0.15) is 18.2 Å². The van der Waals surface area contributed by atoms with Gasteiger partial charge in [-0.3, -0.25) is 0 Å².